The lowest BCUT2D eigenvalue weighted by Gasteiger charge is -2.07. The largest absolute Gasteiger partial charge is 0.364 e. The van der Waals surface area contributed by atoms with E-state index in [4.69, 9.17) is 0 Å². The molecular weight excluding hydrogens is 328 g/mol. The van der Waals surface area contributed by atoms with E-state index in [0.717, 1.165) is 22.2 Å². The highest BCUT2D eigenvalue weighted by molar-refractivity contribution is 9.10. The molecule has 98 valence electrons. The van der Waals surface area contributed by atoms with Crippen LogP contribution in [-0.2, 0) is 6.54 Å². The number of nitrogens with zero attached hydrogens (tertiary/aromatic N) is 3. The summed E-state index contributed by atoms with van der Waals surface area (Å²) < 4.78 is 1.10. The molecule has 3 aromatic rings. The zero-order valence-electron chi connectivity index (χ0n) is 10.1. The van der Waals surface area contributed by atoms with Gasteiger partial charge in [0.2, 0.25) is 5.95 Å². The number of halogens is 1. The first-order chi connectivity index (χ1) is 9.26. The molecule has 8 heteroatoms. The number of H-pyrrole nitrogens is 1. The first kappa shape index (κ1) is 12.4. The summed E-state index contributed by atoms with van der Waals surface area (Å²) >= 11 is 5.14. The van der Waals surface area contributed by atoms with Crippen molar-refractivity contribution in [1.29, 1.82) is 0 Å². The highest BCUT2D eigenvalue weighted by Crippen LogP contribution is 2.23. The van der Waals surface area contributed by atoms with Crippen molar-refractivity contribution in [2.45, 2.75) is 6.54 Å². The van der Waals surface area contributed by atoms with Crippen LogP contribution in [0.2, 0.25) is 0 Å². The average Bonchev–Trinajstić information content (AvgIpc) is 3.04. The summed E-state index contributed by atoms with van der Waals surface area (Å²) in [5.74, 6) is 1.33. The molecule has 0 aliphatic carbocycles. The van der Waals surface area contributed by atoms with Crippen LogP contribution in [0.25, 0.3) is 11.0 Å². The predicted molar refractivity (Wildman–Crippen MR) is 80.6 cm³/mol. The molecule has 19 heavy (non-hydrogen) atoms. The highest BCUT2D eigenvalue weighted by Gasteiger charge is 2.08. The summed E-state index contributed by atoms with van der Waals surface area (Å²) in [4.78, 5) is 9.93. The van der Waals surface area contributed by atoms with Gasteiger partial charge >= 0.3 is 0 Å². The van der Waals surface area contributed by atoms with Crippen LogP contribution in [0, 0.1) is 0 Å². The van der Waals surface area contributed by atoms with Crippen LogP contribution >= 0.6 is 27.3 Å². The maximum absolute atomic E-state index is 4.41. The lowest BCUT2D eigenvalue weighted by Crippen LogP contribution is -2.04. The molecule has 0 aromatic carbocycles. The van der Waals surface area contributed by atoms with E-state index in [0.29, 0.717) is 11.6 Å². The number of rotatable bonds is 4. The Morgan fingerprint density at radius 3 is 3.05 bits per heavy atom. The first-order valence-electron chi connectivity index (χ1n) is 5.62. The fourth-order valence-corrected chi connectivity index (χ4v) is 3.09. The number of hydrogen-bond donors (Lipinski definition) is 3. The van der Waals surface area contributed by atoms with Gasteiger partial charge in [-0.3, -0.25) is 5.10 Å². The Morgan fingerprint density at radius 2 is 2.32 bits per heavy atom. The predicted octanol–water partition coefficient (Wildman–Crippen LogP) is 2.83. The van der Waals surface area contributed by atoms with E-state index in [1.165, 1.54) is 4.88 Å². The molecule has 0 unspecified atom stereocenters. The molecule has 0 saturated carbocycles. The monoisotopic (exact) mass is 338 g/mol. The number of nitrogens with one attached hydrogen (secondary N) is 3. The number of fused-ring (bicyclic) bond motifs is 1. The van der Waals surface area contributed by atoms with Crippen molar-refractivity contribution in [3.8, 4) is 0 Å². The standard InChI is InChI=1S/C11H11BrN6S/c1-13-11-16-9(8-4-15-18-10(8)17-11)14-3-7-2-6(12)5-19-7/h2,4-5H,3H2,1H3,(H3,13,14,15,16,17,18). The van der Waals surface area contributed by atoms with Crippen molar-refractivity contribution < 1.29 is 0 Å². The van der Waals surface area contributed by atoms with Gasteiger partial charge in [0, 0.05) is 21.8 Å². The quantitative estimate of drug-likeness (QED) is 0.681. The smallest absolute Gasteiger partial charge is 0.226 e. The Hall–Kier alpha value is -1.67. The molecule has 0 aliphatic rings. The summed E-state index contributed by atoms with van der Waals surface area (Å²) in [6.45, 7) is 0.719. The lowest BCUT2D eigenvalue weighted by atomic mass is 10.4. The molecule has 0 bridgehead atoms. The zero-order chi connectivity index (χ0) is 13.2. The Balaban J connectivity index is 1.88. The van der Waals surface area contributed by atoms with Crippen molar-refractivity contribution in [3.05, 3.63) is 27.0 Å². The van der Waals surface area contributed by atoms with Gasteiger partial charge in [0.1, 0.15) is 5.82 Å². The normalized spacial score (nSPS) is 10.8. The molecule has 3 aromatic heterocycles. The van der Waals surface area contributed by atoms with E-state index in [2.05, 4.69) is 58.2 Å². The molecule has 6 nitrogen and oxygen atoms in total. The van der Waals surface area contributed by atoms with Gasteiger partial charge in [-0.1, -0.05) is 0 Å². The molecule has 0 aliphatic heterocycles. The van der Waals surface area contributed by atoms with Crippen molar-refractivity contribution in [2.75, 3.05) is 17.7 Å². The van der Waals surface area contributed by atoms with Crippen molar-refractivity contribution >= 4 is 50.1 Å². The summed E-state index contributed by atoms with van der Waals surface area (Å²) in [5, 5.41) is 16.0. The molecule has 0 spiro atoms. The second-order valence-electron chi connectivity index (χ2n) is 3.86. The molecule has 0 radical (unpaired) electrons. The maximum atomic E-state index is 4.41. The number of thiophene rings is 1. The number of aromatic nitrogens is 4. The van der Waals surface area contributed by atoms with Crippen LogP contribution in [0.3, 0.4) is 0 Å². The van der Waals surface area contributed by atoms with Crippen LogP contribution < -0.4 is 10.6 Å². The Bertz CT molecular complexity index is 706. The van der Waals surface area contributed by atoms with Gasteiger partial charge in [-0.15, -0.1) is 11.3 Å². The van der Waals surface area contributed by atoms with Gasteiger partial charge in [-0.25, -0.2) is 0 Å². The summed E-state index contributed by atoms with van der Waals surface area (Å²) in [7, 11) is 1.79. The molecule has 3 N–H and O–H groups in total. The van der Waals surface area contributed by atoms with Gasteiger partial charge in [-0.2, -0.15) is 15.1 Å². The van der Waals surface area contributed by atoms with E-state index in [1.807, 2.05) is 0 Å². The van der Waals surface area contributed by atoms with Crippen LogP contribution in [0.15, 0.2) is 22.1 Å². The van der Waals surface area contributed by atoms with E-state index in [9.17, 15) is 0 Å². The summed E-state index contributed by atoms with van der Waals surface area (Å²) in [6, 6.07) is 2.09. The third-order valence-corrected chi connectivity index (χ3v) is 4.28. The molecule has 0 saturated heterocycles. The number of hydrogen-bond acceptors (Lipinski definition) is 6. The van der Waals surface area contributed by atoms with Crippen LogP contribution in [0.4, 0.5) is 11.8 Å². The molecule has 0 fully saturated rings. The number of aromatic amines is 1. The van der Waals surface area contributed by atoms with E-state index >= 15 is 0 Å². The zero-order valence-corrected chi connectivity index (χ0v) is 12.5. The van der Waals surface area contributed by atoms with Crippen LogP contribution in [0.1, 0.15) is 4.88 Å². The minimum Gasteiger partial charge on any atom is -0.364 e. The maximum Gasteiger partial charge on any atom is 0.226 e. The highest BCUT2D eigenvalue weighted by atomic mass is 79.9. The van der Waals surface area contributed by atoms with Gasteiger partial charge in [0.05, 0.1) is 18.1 Å². The SMILES string of the molecule is CNc1nc(NCc2cc(Br)cs2)c2cn[nH]c2n1. The van der Waals surface area contributed by atoms with Gasteiger partial charge in [0.15, 0.2) is 5.65 Å². The minimum absolute atomic E-state index is 0.562. The van der Waals surface area contributed by atoms with Gasteiger partial charge < -0.3 is 10.6 Å². The lowest BCUT2D eigenvalue weighted by molar-refractivity contribution is 1.08. The van der Waals surface area contributed by atoms with E-state index in [-0.39, 0.29) is 0 Å². The van der Waals surface area contributed by atoms with Gasteiger partial charge in [0.25, 0.3) is 0 Å². The molecule has 0 atom stereocenters. The first-order valence-corrected chi connectivity index (χ1v) is 7.29. The number of anilines is 2. The fraction of sp³-hybridized carbons (Fsp3) is 0.182. The second-order valence-corrected chi connectivity index (χ2v) is 5.77. The van der Waals surface area contributed by atoms with E-state index in [1.54, 1.807) is 24.6 Å². The van der Waals surface area contributed by atoms with Crippen molar-refractivity contribution in [1.82, 2.24) is 20.2 Å². The van der Waals surface area contributed by atoms with Crippen LogP contribution in [0.5, 0.6) is 0 Å². The molecule has 0 amide bonds. The van der Waals surface area contributed by atoms with Crippen molar-refractivity contribution in [3.63, 3.8) is 0 Å². The van der Waals surface area contributed by atoms with E-state index < -0.39 is 0 Å². The Morgan fingerprint density at radius 1 is 1.42 bits per heavy atom. The molecule has 3 heterocycles. The Labute approximate surface area is 121 Å². The van der Waals surface area contributed by atoms with Crippen LogP contribution in [-0.4, -0.2) is 27.2 Å². The summed E-state index contributed by atoms with van der Waals surface area (Å²) in [5.41, 5.74) is 0.717. The molecule has 3 rings (SSSR count). The topological polar surface area (TPSA) is 78.5 Å². The third kappa shape index (κ3) is 2.54. The average molecular weight is 339 g/mol. The third-order valence-electron chi connectivity index (χ3n) is 2.59. The van der Waals surface area contributed by atoms with Crippen molar-refractivity contribution in [2.24, 2.45) is 0 Å². The Kier molecular flexibility index (Phi) is 3.34. The van der Waals surface area contributed by atoms with Gasteiger partial charge in [-0.05, 0) is 22.0 Å². The molecular formula is C11H11BrN6S. The fourth-order valence-electron chi connectivity index (χ4n) is 1.70. The minimum atomic E-state index is 0.562. The second kappa shape index (κ2) is 5.14. The summed E-state index contributed by atoms with van der Waals surface area (Å²) in [6.07, 6.45) is 1.72.